The van der Waals surface area contributed by atoms with E-state index in [2.05, 4.69) is 114 Å². The Hall–Kier alpha value is -4.61. The average Bonchev–Trinajstić information content (AvgIpc) is 2.93. The first-order valence-corrected chi connectivity index (χ1v) is 11.0. The van der Waals surface area contributed by atoms with Crippen molar-refractivity contribution in [3.8, 4) is 11.8 Å². The summed E-state index contributed by atoms with van der Waals surface area (Å²) in [4.78, 5) is 0. The summed E-state index contributed by atoms with van der Waals surface area (Å²) in [6.07, 6.45) is 0. The smallest absolute Gasteiger partial charge is 0.0992 e. The molecular formula is C31H20N2. The minimum atomic E-state index is 0.642. The van der Waals surface area contributed by atoms with Gasteiger partial charge in [0.15, 0.2) is 0 Å². The van der Waals surface area contributed by atoms with E-state index in [1.54, 1.807) is 0 Å². The average molecular weight is 421 g/mol. The summed E-state index contributed by atoms with van der Waals surface area (Å²) >= 11 is 0. The zero-order valence-electron chi connectivity index (χ0n) is 17.9. The largest absolute Gasteiger partial charge is 0.309 e. The molecule has 0 saturated carbocycles. The van der Waals surface area contributed by atoms with Gasteiger partial charge in [0.25, 0.3) is 0 Å². The molecule has 2 nitrogen and oxygen atoms in total. The SMILES string of the molecule is N#Cc1cccc(-n2c3ccccc3c3ccccc3c3ccccc3c3ccccc32)c1. The van der Waals surface area contributed by atoms with Gasteiger partial charge in [0.1, 0.15) is 0 Å². The standard InChI is InChI=1S/C31H20N2/c32-21-22-10-9-11-23(20-22)33-30-18-7-5-16-28(30)26-14-3-1-12-24(26)25-13-2-4-15-27(25)29-17-6-8-19-31(29)33/h1-20H. The van der Waals surface area contributed by atoms with Crippen molar-refractivity contribution in [2.75, 3.05) is 0 Å². The molecule has 0 N–H and O–H groups in total. The van der Waals surface area contributed by atoms with Gasteiger partial charge in [-0.05, 0) is 51.9 Å². The van der Waals surface area contributed by atoms with Crippen molar-refractivity contribution in [3.05, 3.63) is 127 Å². The van der Waals surface area contributed by atoms with E-state index in [1.165, 1.54) is 21.5 Å². The molecule has 0 aliphatic heterocycles. The molecule has 2 heteroatoms. The van der Waals surface area contributed by atoms with Crippen LogP contribution in [0.15, 0.2) is 121 Å². The van der Waals surface area contributed by atoms with Gasteiger partial charge >= 0.3 is 0 Å². The molecule has 5 aromatic carbocycles. The number of rotatable bonds is 1. The summed E-state index contributed by atoms with van der Waals surface area (Å²) in [6.45, 7) is 0. The van der Waals surface area contributed by atoms with Crippen LogP contribution in [-0.4, -0.2) is 4.57 Å². The number of benzene rings is 5. The highest BCUT2D eigenvalue weighted by atomic mass is 15.0. The lowest BCUT2D eigenvalue weighted by atomic mass is 10.0. The maximum atomic E-state index is 9.59. The predicted octanol–water partition coefficient (Wildman–Crippen LogP) is 8.09. The van der Waals surface area contributed by atoms with Crippen molar-refractivity contribution in [2.45, 2.75) is 0 Å². The maximum absolute atomic E-state index is 9.59. The van der Waals surface area contributed by atoms with Gasteiger partial charge in [-0.1, -0.05) is 91.0 Å². The molecule has 0 aliphatic rings. The van der Waals surface area contributed by atoms with Crippen LogP contribution in [0.5, 0.6) is 0 Å². The third-order valence-electron chi connectivity index (χ3n) is 6.25. The molecule has 1 heterocycles. The predicted molar refractivity (Wildman–Crippen MR) is 138 cm³/mol. The van der Waals surface area contributed by atoms with Gasteiger partial charge in [0.05, 0.1) is 22.7 Å². The Morgan fingerprint density at radius 2 is 0.879 bits per heavy atom. The van der Waals surface area contributed by atoms with E-state index in [0.717, 1.165) is 27.5 Å². The van der Waals surface area contributed by atoms with Crippen LogP contribution in [0.2, 0.25) is 0 Å². The number of nitriles is 1. The van der Waals surface area contributed by atoms with E-state index in [9.17, 15) is 5.26 Å². The van der Waals surface area contributed by atoms with Crippen LogP contribution < -0.4 is 0 Å². The van der Waals surface area contributed by atoms with Crippen LogP contribution in [0.25, 0.3) is 49.0 Å². The summed E-state index contributed by atoms with van der Waals surface area (Å²) in [5.74, 6) is 0. The fourth-order valence-electron chi connectivity index (χ4n) is 4.82. The Kier molecular flexibility index (Phi) is 4.53. The lowest BCUT2D eigenvalue weighted by molar-refractivity contribution is 1.17. The number of hydrogen-bond donors (Lipinski definition) is 0. The fourth-order valence-corrected chi connectivity index (χ4v) is 4.82. The van der Waals surface area contributed by atoms with Crippen molar-refractivity contribution in [3.63, 3.8) is 0 Å². The van der Waals surface area contributed by atoms with Gasteiger partial charge in [0, 0.05) is 16.5 Å². The number of fused-ring (bicyclic) bond motifs is 7. The molecule has 0 bridgehead atoms. The van der Waals surface area contributed by atoms with Gasteiger partial charge in [-0.15, -0.1) is 0 Å². The Bertz CT molecular complexity index is 1680. The molecular weight excluding hydrogens is 400 g/mol. The third kappa shape index (κ3) is 3.11. The number of nitrogens with zero attached hydrogens (tertiary/aromatic N) is 2. The molecule has 0 spiro atoms. The highest BCUT2D eigenvalue weighted by Crippen LogP contribution is 2.33. The summed E-state index contributed by atoms with van der Waals surface area (Å²) in [5, 5.41) is 16.7. The fraction of sp³-hybridized carbons (Fsp3) is 0. The minimum Gasteiger partial charge on any atom is -0.309 e. The quantitative estimate of drug-likeness (QED) is 0.264. The van der Waals surface area contributed by atoms with Crippen molar-refractivity contribution >= 4 is 43.4 Å². The second-order valence-corrected chi connectivity index (χ2v) is 8.12. The molecule has 1 aromatic heterocycles. The molecule has 0 atom stereocenters. The van der Waals surface area contributed by atoms with Crippen LogP contribution in [0.1, 0.15) is 5.56 Å². The van der Waals surface area contributed by atoms with E-state index in [0.29, 0.717) is 5.56 Å². The van der Waals surface area contributed by atoms with Crippen LogP contribution in [-0.2, 0) is 0 Å². The minimum absolute atomic E-state index is 0.642. The van der Waals surface area contributed by atoms with E-state index in [1.807, 2.05) is 18.2 Å². The van der Waals surface area contributed by atoms with Gasteiger partial charge in [-0.2, -0.15) is 5.26 Å². The van der Waals surface area contributed by atoms with Crippen molar-refractivity contribution in [1.82, 2.24) is 4.57 Å². The second-order valence-electron chi connectivity index (χ2n) is 8.12. The van der Waals surface area contributed by atoms with E-state index in [4.69, 9.17) is 0 Å². The van der Waals surface area contributed by atoms with Crippen LogP contribution in [0.4, 0.5) is 0 Å². The first-order chi connectivity index (χ1) is 16.3. The third-order valence-corrected chi connectivity index (χ3v) is 6.25. The number of aromatic nitrogens is 1. The molecule has 0 amide bonds. The van der Waals surface area contributed by atoms with Crippen molar-refractivity contribution in [2.24, 2.45) is 0 Å². The summed E-state index contributed by atoms with van der Waals surface area (Å²) in [6, 6.07) is 44.4. The zero-order valence-corrected chi connectivity index (χ0v) is 17.9. The normalized spacial score (nSPS) is 11.0. The summed E-state index contributed by atoms with van der Waals surface area (Å²) in [7, 11) is 0. The Morgan fingerprint density at radius 1 is 0.455 bits per heavy atom. The van der Waals surface area contributed by atoms with Gasteiger partial charge in [-0.25, -0.2) is 0 Å². The molecule has 0 radical (unpaired) electrons. The van der Waals surface area contributed by atoms with Gasteiger partial charge in [-0.3, -0.25) is 0 Å². The van der Waals surface area contributed by atoms with Crippen molar-refractivity contribution < 1.29 is 0 Å². The molecule has 33 heavy (non-hydrogen) atoms. The number of para-hydroxylation sites is 2. The van der Waals surface area contributed by atoms with Crippen LogP contribution >= 0.6 is 0 Å². The highest BCUT2D eigenvalue weighted by Gasteiger charge is 2.10. The first-order valence-electron chi connectivity index (χ1n) is 11.0. The molecule has 154 valence electrons. The van der Waals surface area contributed by atoms with Crippen LogP contribution in [0, 0.1) is 11.3 Å². The Labute approximate surface area is 191 Å². The molecule has 6 aromatic rings. The Balaban J connectivity index is 2.04. The monoisotopic (exact) mass is 420 g/mol. The van der Waals surface area contributed by atoms with E-state index in [-0.39, 0.29) is 0 Å². The van der Waals surface area contributed by atoms with Crippen LogP contribution in [0.3, 0.4) is 0 Å². The molecule has 6 rings (SSSR count). The zero-order chi connectivity index (χ0) is 22.2. The highest BCUT2D eigenvalue weighted by molar-refractivity contribution is 6.19. The second kappa shape index (κ2) is 7.82. The molecule has 0 aliphatic carbocycles. The molecule has 0 unspecified atom stereocenters. The maximum Gasteiger partial charge on any atom is 0.0992 e. The topological polar surface area (TPSA) is 28.7 Å². The Morgan fingerprint density at radius 3 is 1.36 bits per heavy atom. The molecule has 0 saturated heterocycles. The lowest BCUT2D eigenvalue weighted by Crippen LogP contribution is -1.98. The first kappa shape index (κ1) is 19.1. The lowest BCUT2D eigenvalue weighted by Gasteiger charge is -2.13. The number of hydrogen-bond acceptors (Lipinski definition) is 1. The van der Waals surface area contributed by atoms with Gasteiger partial charge < -0.3 is 4.57 Å². The molecule has 0 fully saturated rings. The van der Waals surface area contributed by atoms with E-state index < -0.39 is 0 Å². The van der Waals surface area contributed by atoms with Gasteiger partial charge in [0.2, 0.25) is 0 Å². The summed E-state index contributed by atoms with van der Waals surface area (Å²) < 4.78 is 2.28. The van der Waals surface area contributed by atoms with E-state index >= 15 is 0 Å². The van der Waals surface area contributed by atoms with Crippen molar-refractivity contribution in [1.29, 1.82) is 5.26 Å². The summed E-state index contributed by atoms with van der Waals surface area (Å²) in [5.41, 5.74) is 3.77.